The number of halogens is 1. The molecule has 1 aliphatic carbocycles. The molecule has 6 heteroatoms. The Bertz CT molecular complexity index is 648. The zero-order valence-corrected chi connectivity index (χ0v) is 14.3. The van der Waals surface area contributed by atoms with E-state index in [0.717, 1.165) is 31.4 Å². The van der Waals surface area contributed by atoms with Crippen LogP contribution >= 0.6 is 11.6 Å². The third kappa shape index (κ3) is 3.18. The van der Waals surface area contributed by atoms with Crippen molar-refractivity contribution in [1.82, 2.24) is 5.32 Å². The van der Waals surface area contributed by atoms with E-state index in [1.54, 1.807) is 12.1 Å². The molecule has 1 saturated heterocycles. The first-order valence-corrected chi connectivity index (χ1v) is 10.0. The van der Waals surface area contributed by atoms with Gasteiger partial charge in [0.05, 0.1) is 15.5 Å². The molecule has 1 aromatic rings. The number of rotatable bonds is 4. The van der Waals surface area contributed by atoms with Crippen molar-refractivity contribution in [3.05, 3.63) is 28.8 Å². The van der Waals surface area contributed by atoms with Crippen LogP contribution in [0.15, 0.2) is 23.1 Å². The Hall–Kier alpha value is -0.620. The molecule has 1 heterocycles. The van der Waals surface area contributed by atoms with Gasteiger partial charge in [-0.3, -0.25) is 0 Å². The van der Waals surface area contributed by atoms with E-state index in [4.69, 9.17) is 16.3 Å². The van der Waals surface area contributed by atoms with Crippen LogP contribution in [-0.4, -0.2) is 32.9 Å². The molecule has 0 bridgehead atoms. The van der Waals surface area contributed by atoms with Gasteiger partial charge < -0.3 is 10.1 Å². The molecule has 2 fully saturated rings. The van der Waals surface area contributed by atoms with Crippen LogP contribution in [0.25, 0.3) is 0 Å². The highest BCUT2D eigenvalue weighted by molar-refractivity contribution is 7.90. The van der Waals surface area contributed by atoms with E-state index in [2.05, 4.69) is 5.32 Å². The predicted octanol–water partition coefficient (Wildman–Crippen LogP) is 2.93. The van der Waals surface area contributed by atoms with Gasteiger partial charge in [-0.25, -0.2) is 8.42 Å². The van der Waals surface area contributed by atoms with Crippen LogP contribution < -0.4 is 5.32 Å². The lowest BCUT2D eigenvalue weighted by Crippen LogP contribution is -2.45. The summed E-state index contributed by atoms with van der Waals surface area (Å²) in [6.45, 7) is 1.50. The summed E-state index contributed by atoms with van der Waals surface area (Å²) in [6.07, 6.45) is 6.97. The highest BCUT2D eigenvalue weighted by Crippen LogP contribution is 2.41. The number of benzene rings is 1. The van der Waals surface area contributed by atoms with Gasteiger partial charge in [0.25, 0.3) is 0 Å². The Morgan fingerprint density at radius 1 is 1.36 bits per heavy atom. The zero-order valence-electron chi connectivity index (χ0n) is 12.8. The van der Waals surface area contributed by atoms with E-state index >= 15 is 0 Å². The third-order valence-corrected chi connectivity index (χ3v) is 6.41. The SMILES string of the molecule is CS(=O)(=O)c1ccc(CNC2CCOC23CCCC3)cc1Cl. The lowest BCUT2D eigenvalue weighted by molar-refractivity contribution is -0.00484. The van der Waals surface area contributed by atoms with Gasteiger partial charge in [0.2, 0.25) is 0 Å². The molecule has 1 N–H and O–H groups in total. The lowest BCUT2D eigenvalue weighted by atomic mass is 9.92. The second-order valence-corrected chi connectivity index (χ2v) is 8.77. The summed E-state index contributed by atoms with van der Waals surface area (Å²) in [7, 11) is -3.27. The van der Waals surface area contributed by atoms with Crippen molar-refractivity contribution in [1.29, 1.82) is 0 Å². The number of nitrogens with one attached hydrogen (secondary N) is 1. The van der Waals surface area contributed by atoms with Crippen molar-refractivity contribution in [3.63, 3.8) is 0 Å². The summed E-state index contributed by atoms with van der Waals surface area (Å²) in [5, 5.41) is 3.87. The predicted molar refractivity (Wildman–Crippen MR) is 87.0 cm³/mol. The molecule has 1 spiro atoms. The molecule has 1 unspecified atom stereocenters. The van der Waals surface area contributed by atoms with E-state index in [-0.39, 0.29) is 10.5 Å². The summed E-state index contributed by atoms with van der Waals surface area (Å²) < 4.78 is 29.2. The van der Waals surface area contributed by atoms with Gasteiger partial charge in [-0.15, -0.1) is 0 Å². The second-order valence-electron chi connectivity index (χ2n) is 6.38. The first-order valence-electron chi connectivity index (χ1n) is 7.77. The third-order valence-electron chi connectivity index (χ3n) is 4.83. The Kier molecular flexibility index (Phi) is 4.52. The quantitative estimate of drug-likeness (QED) is 0.913. The highest BCUT2D eigenvalue weighted by Gasteiger charge is 2.45. The lowest BCUT2D eigenvalue weighted by Gasteiger charge is -2.30. The standard InChI is InChI=1S/C16H22ClNO3S/c1-22(19,20)14-5-4-12(10-13(14)17)11-18-15-6-9-21-16(15)7-2-3-8-16/h4-5,10,15,18H,2-3,6-9,11H2,1H3. The van der Waals surface area contributed by atoms with Crippen molar-refractivity contribution in [2.45, 2.75) is 55.2 Å². The minimum atomic E-state index is -3.27. The summed E-state index contributed by atoms with van der Waals surface area (Å²) in [5.74, 6) is 0. The van der Waals surface area contributed by atoms with Gasteiger partial charge in [0, 0.05) is 25.4 Å². The van der Waals surface area contributed by atoms with Crippen LogP contribution in [0.1, 0.15) is 37.7 Å². The molecule has 1 aromatic carbocycles. The maximum absolute atomic E-state index is 11.6. The summed E-state index contributed by atoms with van der Waals surface area (Å²) in [4.78, 5) is 0.189. The molecule has 3 rings (SSSR count). The van der Waals surface area contributed by atoms with Crippen molar-refractivity contribution in [2.75, 3.05) is 12.9 Å². The van der Waals surface area contributed by atoms with Crippen LogP contribution in [0.4, 0.5) is 0 Å². The topological polar surface area (TPSA) is 55.4 Å². The van der Waals surface area contributed by atoms with Crippen molar-refractivity contribution < 1.29 is 13.2 Å². The average molecular weight is 344 g/mol. The zero-order chi connectivity index (χ0) is 15.8. The molecule has 122 valence electrons. The van der Waals surface area contributed by atoms with E-state index in [9.17, 15) is 8.42 Å². The molecule has 22 heavy (non-hydrogen) atoms. The van der Waals surface area contributed by atoms with E-state index in [1.165, 1.54) is 19.1 Å². The fourth-order valence-electron chi connectivity index (χ4n) is 3.69. The smallest absolute Gasteiger partial charge is 0.176 e. The molecule has 1 saturated carbocycles. The fourth-order valence-corrected chi connectivity index (χ4v) is 5.05. The number of sulfone groups is 1. The van der Waals surface area contributed by atoms with Gasteiger partial charge in [-0.1, -0.05) is 30.5 Å². The minimum Gasteiger partial charge on any atom is -0.373 e. The highest BCUT2D eigenvalue weighted by atomic mass is 35.5. The van der Waals surface area contributed by atoms with Crippen LogP contribution in [0.3, 0.4) is 0 Å². The fraction of sp³-hybridized carbons (Fsp3) is 0.625. The molecule has 0 radical (unpaired) electrons. The van der Waals surface area contributed by atoms with Crippen LogP contribution in [0, 0.1) is 0 Å². The first kappa shape index (κ1) is 16.2. The average Bonchev–Trinajstić information content (AvgIpc) is 3.06. The largest absolute Gasteiger partial charge is 0.373 e. The Morgan fingerprint density at radius 2 is 2.09 bits per heavy atom. The van der Waals surface area contributed by atoms with Crippen molar-refractivity contribution >= 4 is 21.4 Å². The maximum Gasteiger partial charge on any atom is 0.176 e. The van der Waals surface area contributed by atoms with Crippen LogP contribution in [-0.2, 0) is 21.1 Å². The van der Waals surface area contributed by atoms with Crippen LogP contribution in [0.5, 0.6) is 0 Å². The van der Waals surface area contributed by atoms with Gasteiger partial charge >= 0.3 is 0 Å². The molecule has 0 amide bonds. The first-order chi connectivity index (χ1) is 10.4. The molecular formula is C16H22ClNO3S. The minimum absolute atomic E-state index is 0.0243. The Balaban J connectivity index is 1.68. The number of hydrogen-bond donors (Lipinski definition) is 1. The monoisotopic (exact) mass is 343 g/mol. The van der Waals surface area contributed by atoms with Gasteiger partial charge in [0.1, 0.15) is 0 Å². The van der Waals surface area contributed by atoms with E-state index in [0.29, 0.717) is 17.6 Å². The number of ether oxygens (including phenoxy) is 1. The van der Waals surface area contributed by atoms with Crippen molar-refractivity contribution in [3.8, 4) is 0 Å². The molecule has 2 aliphatic rings. The maximum atomic E-state index is 11.6. The molecule has 4 nitrogen and oxygen atoms in total. The molecule has 0 aromatic heterocycles. The van der Waals surface area contributed by atoms with Gasteiger partial charge in [-0.2, -0.15) is 0 Å². The molecular weight excluding hydrogens is 322 g/mol. The molecule has 1 aliphatic heterocycles. The summed E-state index contributed by atoms with van der Waals surface area (Å²) >= 11 is 6.10. The van der Waals surface area contributed by atoms with Crippen LogP contribution in [0.2, 0.25) is 5.02 Å². The molecule has 1 atom stereocenters. The van der Waals surface area contributed by atoms with E-state index < -0.39 is 9.84 Å². The van der Waals surface area contributed by atoms with E-state index in [1.807, 2.05) is 6.07 Å². The normalized spacial score (nSPS) is 24.2. The van der Waals surface area contributed by atoms with Crippen molar-refractivity contribution in [2.24, 2.45) is 0 Å². The Morgan fingerprint density at radius 3 is 2.73 bits per heavy atom. The van der Waals surface area contributed by atoms with Gasteiger partial charge in [-0.05, 0) is 37.0 Å². The number of hydrogen-bond acceptors (Lipinski definition) is 4. The Labute approximate surface area is 137 Å². The summed E-state index contributed by atoms with van der Waals surface area (Å²) in [6, 6.07) is 5.53. The van der Waals surface area contributed by atoms with Gasteiger partial charge in [0.15, 0.2) is 9.84 Å². The second kappa shape index (κ2) is 6.11. The summed E-state index contributed by atoms with van der Waals surface area (Å²) in [5.41, 5.74) is 1.02.